The molecule has 0 aliphatic heterocycles. The molecular formula is C24H38N2O2. The van der Waals surface area contributed by atoms with Gasteiger partial charge in [-0.2, -0.15) is 0 Å². The molecule has 0 bridgehead atoms. The predicted octanol–water partition coefficient (Wildman–Crippen LogP) is 4.01. The predicted molar refractivity (Wildman–Crippen MR) is 111 cm³/mol. The van der Waals surface area contributed by atoms with E-state index in [4.69, 9.17) is 0 Å². The first kappa shape index (κ1) is 20.1. The summed E-state index contributed by atoms with van der Waals surface area (Å²) in [5.74, 6) is 3.28. The van der Waals surface area contributed by atoms with Gasteiger partial charge in [0.05, 0.1) is 5.70 Å². The molecule has 1 amide bonds. The number of allylic oxidation sites excluding steroid dienone is 2. The van der Waals surface area contributed by atoms with Crippen LogP contribution in [0.4, 0.5) is 0 Å². The SMILES string of the molecule is C[C@H]([C@H]1CC[C@H]2[C@@H]3CC[C@H]4C(=O)C(NC=O)=CC[C@]4(C)[C@H]3CC[C@]12C)N(C)C. The molecule has 4 aliphatic carbocycles. The van der Waals surface area contributed by atoms with Crippen molar-refractivity contribution in [2.24, 2.45) is 40.4 Å². The molecule has 0 aromatic heterocycles. The molecule has 4 nitrogen and oxygen atoms in total. The molecule has 8 atom stereocenters. The molecule has 1 N–H and O–H groups in total. The normalized spacial score (nSPS) is 46.3. The highest BCUT2D eigenvalue weighted by Crippen LogP contribution is 2.67. The Hall–Kier alpha value is -1.16. The Balaban J connectivity index is 1.60. The second-order valence-corrected chi connectivity index (χ2v) is 10.9. The van der Waals surface area contributed by atoms with E-state index in [0.717, 1.165) is 30.6 Å². The first-order chi connectivity index (χ1) is 13.2. The third-order valence-electron chi connectivity index (χ3n) is 9.88. The van der Waals surface area contributed by atoms with Crippen molar-refractivity contribution >= 4 is 12.2 Å². The Morgan fingerprint density at radius 1 is 1.11 bits per heavy atom. The van der Waals surface area contributed by atoms with Gasteiger partial charge in [0.1, 0.15) is 0 Å². The summed E-state index contributed by atoms with van der Waals surface area (Å²) in [4.78, 5) is 26.3. The van der Waals surface area contributed by atoms with Gasteiger partial charge in [-0.25, -0.2) is 0 Å². The molecule has 0 radical (unpaired) electrons. The van der Waals surface area contributed by atoms with Crippen LogP contribution in [0.5, 0.6) is 0 Å². The molecule has 156 valence electrons. The van der Waals surface area contributed by atoms with Crippen LogP contribution in [-0.4, -0.2) is 37.2 Å². The number of Topliss-reactive ketones (excluding diaryl/α,β-unsaturated/α-hetero) is 1. The zero-order valence-corrected chi connectivity index (χ0v) is 18.3. The molecule has 3 fully saturated rings. The monoisotopic (exact) mass is 386 g/mol. The summed E-state index contributed by atoms with van der Waals surface area (Å²) >= 11 is 0. The van der Waals surface area contributed by atoms with E-state index in [9.17, 15) is 9.59 Å². The van der Waals surface area contributed by atoms with E-state index in [0.29, 0.717) is 29.5 Å². The van der Waals surface area contributed by atoms with Gasteiger partial charge in [0.2, 0.25) is 6.41 Å². The lowest BCUT2D eigenvalue weighted by atomic mass is 9.45. The molecule has 0 spiro atoms. The lowest BCUT2D eigenvalue weighted by molar-refractivity contribution is -0.140. The number of rotatable bonds is 4. The summed E-state index contributed by atoms with van der Waals surface area (Å²) in [6.07, 6.45) is 11.1. The van der Waals surface area contributed by atoms with Crippen molar-refractivity contribution < 1.29 is 9.59 Å². The summed E-state index contributed by atoms with van der Waals surface area (Å²) < 4.78 is 0. The molecule has 4 heteroatoms. The summed E-state index contributed by atoms with van der Waals surface area (Å²) in [6, 6.07) is 0.634. The fraction of sp³-hybridized carbons (Fsp3) is 0.833. The Morgan fingerprint density at radius 3 is 2.50 bits per heavy atom. The van der Waals surface area contributed by atoms with Crippen molar-refractivity contribution in [3.05, 3.63) is 11.8 Å². The van der Waals surface area contributed by atoms with E-state index < -0.39 is 0 Å². The van der Waals surface area contributed by atoms with Gasteiger partial charge >= 0.3 is 0 Å². The van der Waals surface area contributed by atoms with Gasteiger partial charge in [0, 0.05) is 12.0 Å². The van der Waals surface area contributed by atoms with Crippen molar-refractivity contribution in [3.63, 3.8) is 0 Å². The van der Waals surface area contributed by atoms with E-state index in [-0.39, 0.29) is 17.1 Å². The number of nitrogens with one attached hydrogen (secondary N) is 1. The minimum Gasteiger partial charge on any atom is -0.326 e. The van der Waals surface area contributed by atoms with E-state index in [1.165, 1.54) is 32.1 Å². The Labute approximate surface area is 170 Å². The molecule has 0 heterocycles. The average molecular weight is 387 g/mol. The van der Waals surface area contributed by atoms with Crippen molar-refractivity contribution in [1.82, 2.24) is 10.2 Å². The number of fused-ring (bicyclic) bond motifs is 5. The van der Waals surface area contributed by atoms with Crippen LogP contribution in [0.2, 0.25) is 0 Å². The third-order valence-corrected chi connectivity index (χ3v) is 9.88. The zero-order chi connectivity index (χ0) is 20.3. The lowest BCUT2D eigenvalue weighted by Crippen LogP contribution is -2.56. The molecule has 28 heavy (non-hydrogen) atoms. The number of ketones is 1. The van der Waals surface area contributed by atoms with E-state index in [1.807, 2.05) is 6.08 Å². The van der Waals surface area contributed by atoms with Crippen LogP contribution in [0.15, 0.2) is 11.8 Å². The number of hydrogen-bond donors (Lipinski definition) is 1. The highest BCUT2D eigenvalue weighted by Gasteiger charge is 2.61. The van der Waals surface area contributed by atoms with Gasteiger partial charge in [-0.1, -0.05) is 19.9 Å². The van der Waals surface area contributed by atoms with Crippen molar-refractivity contribution in [2.45, 2.75) is 71.8 Å². The quantitative estimate of drug-likeness (QED) is 0.743. The molecular weight excluding hydrogens is 348 g/mol. The van der Waals surface area contributed by atoms with Crippen molar-refractivity contribution in [1.29, 1.82) is 0 Å². The number of hydrogen-bond acceptors (Lipinski definition) is 3. The largest absolute Gasteiger partial charge is 0.326 e. The lowest BCUT2D eigenvalue weighted by Gasteiger charge is -2.60. The molecule has 4 aliphatic rings. The van der Waals surface area contributed by atoms with Crippen molar-refractivity contribution in [3.8, 4) is 0 Å². The summed E-state index contributed by atoms with van der Waals surface area (Å²) in [5.41, 5.74) is 1.06. The smallest absolute Gasteiger partial charge is 0.211 e. The van der Waals surface area contributed by atoms with E-state index in [1.54, 1.807) is 0 Å². The number of amides is 1. The second kappa shape index (κ2) is 6.97. The Kier molecular flexibility index (Phi) is 5.01. The van der Waals surface area contributed by atoms with Gasteiger partial charge in [-0.15, -0.1) is 0 Å². The summed E-state index contributed by atoms with van der Waals surface area (Å²) in [7, 11) is 4.45. The van der Waals surface area contributed by atoms with Crippen LogP contribution in [0.25, 0.3) is 0 Å². The van der Waals surface area contributed by atoms with E-state index >= 15 is 0 Å². The molecule has 3 saturated carbocycles. The molecule has 0 aromatic carbocycles. The minimum absolute atomic E-state index is 0.0701. The van der Waals surface area contributed by atoms with Gasteiger partial charge in [0.15, 0.2) is 5.78 Å². The highest BCUT2D eigenvalue weighted by molar-refractivity contribution is 5.99. The summed E-state index contributed by atoms with van der Waals surface area (Å²) in [6.45, 7) is 7.37. The van der Waals surface area contributed by atoms with Gasteiger partial charge in [0.25, 0.3) is 0 Å². The second-order valence-electron chi connectivity index (χ2n) is 10.9. The molecule has 0 unspecified atom stereocenters. The maximum atomic E-state index is 13.0. The first-order valence-electron chi connectivity index (χ1n) is 11.3. The molecule has 0 aromatic rings. The zero-order valence-electron chi connectivity index (χ0n) is 18.3. The van der Waals surface area contributed by atoms with Crippen LogP contribution in [-0.2, 0) is 9.59 Å². The fourth-order valence-corrected chi connectivity index (χ4v) is 8.18. The number of carbonyl (C=O) groups is 2. The third kappa shape index (κ3) is 2.74. The first-order valence-corrected chi connectivity index (χ1v) is 11.3. The fourth-order valence-electron chi connectivity index (χ4n) is 8.18. The van der Waals surface area contributed by atoms with Crippen LogP contribution < -0.4 is 5.32 Å². The highest BCUT2D eigenvalue weighted by atomic mass is 16.1. The Bertz CT molecular complexity index is 686. The van der Waals surface area contributed by atoms with Crippen molar-refractivity contribution in [2.75, 3.05) is 14.1 Å². The minimum atomic E-state index is 0.0701. The topological polar surface area (TPSA) is 49.4 Å². The number of nitrogens with zero attached hydrogens (tertiary/aromatic N) is 1. The molecule has 4 rings (SSSR count). The maximum Gasteiger partial charge on any atom is 0.211 e. The van der Waals surface area contributed by atoms with Gasteiger partial charge in [-0.3, -0.25) is 9.59 Å². The van der Waals surface area contributed by atoms with E-state index in [2.05, 4.69) is 45.1 Å². The maximum absolute atomic E-state index is 13.0. The van der Waals surface area contributed by atoms with Crippen LogP contribution in [0.3, 0.4) is 0 Å². The molecule has 0 saturated heterocycles. The van der Waals surface area contributed by atoms with Gasteiger partial charge < -0.3 is 10.2 Å². The van der Waals surface area contributed by atoms with Crippen LogP contribution >= 0.6 is 0 Å². The number of carbonyl (C=O) groups excluding carboxylic acids is 2. The standard InChI is InChI=1S/C24H38N2O2/c1-15(26(4)5)17-8-9-18-16-6-7-20-22(28)21(25-14-27)11-13-24(20,3)19(16)10-12-23(17,18)2/h11,14-20H,6-10,12-13H2,1-5H3,(H,25,27)/t15-,16+,17-,18+,19+,20+,23-,24-/m1/s1. The Morgan fingerprint density at radius 2 is 1.82 bits per heavy atom. The average Bonchev–Trinajstić information content (AvgIpc) is 3.00. The van der Waals surface area contributed by atoms with Crippen LogP contribution in [0.1, 0.15) is 65.7 Å². The summed E-state index contributed by atoms with van der Waals surface area (Å²) in [5, 5.41) is 2.65. The van der Waals surface area contributed by atoms with Crippen LogP contribution in [0, 0.1) is 40.4 Å². The van der Waals surface area contributed by atoms with Gasteiger partial charge in [-0.05, 0) is 100 Å².